The highest BCUT2D eigenvalue weighted by Gasteiger charge is 2.63. The van der Waals surface area contributed by atoms with Gasteiger partial charge in [0.05, 0.1) is 12.4 Å². The number of hydrogen-bond acceptors (Lipinski definition) is 10. The van der Waals surface area contributed by atoms with Gasteiger partial charge in [-0.1, -0.05) is 20.8 Å². The van der Waals surface area contributed by atoms with Gasteiger partial charge in [-0.15, -0.1) is 0 Å². The fourth-order valence-corrected chi connectivity index (χ4v) is 10.3. The summed E-state index contributed by atoms with van der Waals surface area (Å²) < 4.78 is 36.2. The minimum Gasteiger partial charge on any atom is -0.445 e. The third kappa shape index (κ3) is 5.69. The maximum Gasteiger partial charge on any atom is 0.413 e. The van der Waals surface area contributed by atoms with Gasteiger partial charge in [0, 0.05) is 11.6 Å². The molecule has 8 atom stereocenters. The highest BCUT2D eigenvalue weighted by molar-refractivity contribution is 7.72. The lowest BCUT2D eigenvalue weighted by molar-refractivity contribution is -0.0354. The summed E-state index contributed by atoms with van der Waals surface area (Å²) in [4.78, 5) is 53.4. The molecule has 2 bridgehead atoms. The van der Waals surface area contributed by atoms with E-state index in [2.05, 4.69) is 41.0 Å². The van der Waals surface area contributed by atoms with E-state index in [9.17, 15) is 29.0 Å². The van der Waals surface area contributed by atoms with E-state index in [4.69, 9.17) is 30.9 Å². The molecule has 2 saturated carbocycles. The molecule has 2 aromatic rings. The Bertz CT molecular complexity index is 1450. The molecule has 1 saturated heterocycles. The minimum absolute atomic E-state index is 0.0282. The van der Waals surface area contributed by atoms with Crippen molar-refractivity contribution in [2.75, 3.05) is 17.4 Å². The highest BCUT2D eigenvalue weighted by Crippen LogP contribution is 2.66. The summed E-state index contributed by atoms with van der Waals surface area (Å²) in [5.41, 5.74) is 0.0727. The third-order valence-electron chi connectivity index (χ3n) is 9.36. The van der Waals surface area contributed by atoms with E-state index in [0.29, 0.717) is 5.92 Å². The Morgan fingerprint density at radius 1 is 1.22 bits per heavy atom. The number of aliphatic hydroxyl groups is 2. The first-order valence-corrected chi connectivity index (χ1v) is 17.4. The molecule has 6 unspecified atom stereocenters. The van der Waals surface area contributed by atoms with Crippen molar-refractivity contribution in [3.63, 3.8) is 0 Å². The molecule has 0 radical (unpaired) electrons. The molecule has 2 aromatic heterocycles. The van der Waals surface area contributed by atoms with Crippen LogP contribution in [0, 0.1) is 16.7 Å². The van der Waals surface area contributed by atoms with Crippen molar-refractivity contribution in [1.29, 1.82) is 0 Å². The molecule has 3 fully saturated rings. The number of ether oxygens (including phenoxy) is 2. The first kappa shape index (κ1) is 30.8. The summed E-state index contributed by atoms with van der Waals surface area (Å²) in [5.74, 6) is -0.763. The Morgan fingerprint density at radius 3 is 2.54 bits per heavy atom. The summed E-state index contributed by atoms with van der Waals surface area (Å²) >= 11 is 6.14. The molecule has 5 rings (SSSR count). The van der Waals surface area contributed by atoms with Gasteiger partial charge < -0.3 is 34.4 Å². The number of halogens is 1. The predicted molar refractivity (Wildman–Crippen MR) is 146 cm³/mol. The zero-order valence-electron chi connectivity index (χ0n) is 22.6. The first-order chi connectivity index (χ1) is 18.9. The van der Waals surface area contributed by atoms with E-state index in [1.54, 1.807) is 0 Å². The number of nitrogens with one attached hydrogen (secondary N) is 1. The predicted octanol–water partition coefficient (Wildman–Crippen LogP) is 2.66. The summed E-state index contributed by atoms with van der Waals surface area (Å²) in [6, 6.07) is 0. The molecule has 2 aliphatic carbocycles. The Balaban J connectivity index is 1.31. The van der Waals surface area contributed by atoms with Crippen LogP contribution in [0.3, 0.4) is 0 Å². The topological polar surface area (TPSA) is 226 Å². The number of anilines is 1. The van der Waals surface area contributed by atoms with Gasteiger partial charge in [0.25, 0.3) is 0 Å². The van der Waals surface area contributed by atoms with Crippen LogP contribution in [0.4, 0.5) is 10.6 Å². The van der Waals surface area contributed by atoms with Crippen LogP contribution in [0.5, 0.6) is 0 Å². The second-order valence-corrected chi connectivity index (χ2v) is 16.9. The number of imidazole rings is 1. The average molecular weight is 638 g/mol. The third-order valence-corrected chi connectivity index (χ3v) is 13.7. The normalized spacial score (nSPS) is 34.2. The van der Waals surface area contributed by atoms with E-state index in [-0.39, 0.29) is 45.6 Å². The quantitative estimate of drug-likeness (QED) is 0.181. The van der Waals surface area contributed by atoms with E-state index in [1.807, 2.05) is 0 Å². The molecule has 0 spiro atoms. The number of rotatable bonds is 8. The zero-order chi connectivity index (χ0) is 30.1. The van der Waals surface area contributed by atoms with Crippen molar-refractivity contribution in [2.45, 2.75) is 77.1 Å². The SMILES string of the molecule is CC1(C)[C@@H]2CC[C@@]1(C)C(OC(=O)Nc1nc(Cl)nc3c1ncn3C1OC(CCP(=O)(O)CP(=O)(O)O)C(O)C1O)C2. The summed E-state index contributed by atoms with van der Waals surface area (Å²) in [6.07, 6.45) is -3.11. The number of carbonyl (C=O) groups is 1. The van der Waals surface area contributed by atoms with Crippen molar-refractivity contribution in [3.8, 4) is 0 Å². The Kier molecular flexibility index (Phi) is 7.88. The molecule has 228 valence electrons. The lowest BCUT2D eigenvalue weighted by atomic mass is 9.70. The number of nitrogens with zero attached hydrogens (tertiary/aromatic N) is 4. The van der Waals surface area contributed by atoms with Crippen molar-refractivity contribution >= 4 is 49.6 Å². The van der Waals surface area contributed by atoms with Crippen molar-refractivity contribution in [1.82, 2.24) is 19.5 Å². The van der Waals surface area contributed by atoms with Crippen LogP contribution < -0.4 is 5.32 Å². The monoisotopic (exact) mass is 637 g/mol. The zero-order valence-corrected chi connectivity index (χ0v) is 25.2. The fourth-order valence-electron chi connectivity index (χ4n) is 6.61. The molecule has 1 aliphatic heterocycles. The second-order valence-electron chi connectivity index (χ2n) is 12.0. The molecular weight excluding hydrogens is 604 g/mol. The molecule has 0 aromatic carbocycles. The fraction of sp³-hybridized carbons (Fsp3) is 0.739. The van der Waals surface area contributed by atoms with Crippen LogP contribution >= 0.6 is 26.6 Å². The van der Waals surface area contributed by atoms with Gasteiger partial charge in [-0.3, -0.25) is 19.0 Å². The largest absolute Gasteiger partial charge is 0.445 e. The van der Waals surface area contributed by atoms with Crippen molar-refractivity contribution < 1.29 is 48.3 Å². The van der Waals surface area contributed by atoms with Gasteiger partial charge in [0.15, 0.2) is 23.2 Å². The number of hydrogen-bond donors (Lipinski definition) is 6. The summed E-state index contributed by atoms with van der Waals surface area (Å²) in [7, 11) is -8.97. The van der Waals surface area contributed by atoms with E-state index < -0.39 is 57.7 Å². The van der Waals surface area contributed by atoms with Crippen molar-refractivity contribution in [2.24, 2.45) is 16.7 Å². The average Bonchev–Trinajstić information content (AvgIpc) is 3.49. The lowest BCUT2D eigenvalue weighted by Gasteiger charge is -2.38. The van der Waals surface area contributed by atoms with Crippen LogP contribution in [-0.4, -0.2) is 87.0 Å². The van der Waals surface area contributed by atoms with Crippen LogP contribution in [0.2, 0.25) is 5.28 Å². The molecular formula is C23H34ClN5O10P2. The molecule has 18 heteroatoms. The summed E-state index contributed by atoms with van der Waals surface area (Å²) in [5, 5.41) is 23.6. The Morgan fingerprint density at radius 2 is 1.93 bits per heavy atom. The van der Waals surface area contributed by atoms with Crippen molar-refractivity contribution in [3.05, 3.63) is 11.6 Å². The summed E-state index contributed by atoms with van der Waals surface area (Å²) in [6.45, 7) is 6.56. The Hall–Kier alpha value is -1.67. The molecule has 3 aliphatic rings. The number of fused-ring (bicyclic) bond motifs is 3. The van der Waals surface area contributed by atoms with Crippen LogP contribution in [-0.2, 0) is 18.6 Å². The van der Waals surface area contributed by atoms with E-state index >= 15 is 0 Å². The molecule has 6 N–H and O–H groups in total. The minimum atomic E-state index is -4.74. The van der Waals surface area contributed by atoms with Gasteiger partial charge in [-0.25, -0.2) is 9.78 Å². The van der Waals surface area contributed by atoms with Gasteiger partial charge in [-0.05, 0) is 48.6 Å². The van der Waals surface area contributed by atoms with E-state index in [1.165, 1.54) is 10.9 Å². The second kappa shape index (κ2) is 10.5. The van der Waals surface area contributed by atoms with Crippen LogP contribution in [0.1, 0.15) is 52.7 Å². The maximum atomic E-state index is 12.9. The molecule has 3 heterocycles. The number of aliphatic hydroxyl groups excluding tert-OH is 2. The van der Waals surface area contributed by atoms with Gasteiger partial charge in [-0.2, -0.15) is 9.97 Å². The molecule has 15 nitrogen and oxygen atoms in total. The standard InChI is InChI=1S/C23H34ClN5O10P2/c1-22(2)11-4-6-23(22,3)13(8-11)39-21(32)27-17-14-18(28-20(24)26-17)29(9-25-14)19-16(31)15(30)12(38-19)5-7-40(33,34)10-41(35,36)37/h9,11-13,15-16,19,30-31H,4-8,10H2,1-3H3,(H,33,34)(H2,35,36,37)(H,26,27,28,32)/t11-,12?,13?,15?,16?,19?,23+/m1/s1. The van der Waals surface area contributed by atoms with Crippen LogP contribution in [0.15, 0.2) is 6.33 Å². The maximum absolute atomic E-state index is 12.9. The van der Waals surface area contributed by atoms with Gasteiger partial charge in [0.1, 0.15) is 24.2 Å². The van der Waals surface area contributed by atoms with Crippen LogP contribution in [0.25, 0.3) is 11.2 Å². The Labute approximate surface area is 240 Å². The van der Waals surface area contributed by atoms with E-state index in [0.717, 1.165) is 19.3 Å². The van der Waals surface area contributed by atoms with Gasteiger partial charge >= 0.3 is 13.7 Å². The highest BCUT2D eigenvalue weighted by atomic mass is 35.5. The smallest absolute Gasteiger partial charge is 0.413 e. The number of carbonyl (C=O) groups excluding carboxylic acids is 1. The number of aromatic nitrogens is 4. The number of amides is 1. The molecule has 41 heavy (non-hydrogen) atoms. The molecule has 1 amide bonds. The lowest BCUT2D eigenvalue weighted by Crippen LogP contribution is -2.39. The first-order valence-electron chi connectivity index (χ1n) is 13.2. The van der Waals surface area contributed by atoms with Gasteiger partial charge in [0.2, 0.25) is 12.7 Å².